The van der Waals surface area contributed by atoms with Crippen LogP contribution in [0.5, 0.6) is 11.5 Å². The number of aromatic hydroxyl groups is 1. The summed E-state index contributed by atoms with van der Waals surface area (Å²) < 4.78 is 5.92. The van der Waals surface area contributed by atoms with E-state index >= 15 is 0 Å². The summed E-state index contributed by atoms with van der Waals surface area (Å²) in [5.74, 6) is -2.50. The van der Waals surface area contributed by atoms with E-state index in [1.54, 1.807) is 55.7 Å². The zero-order valence-electron chi connectivity index (χ0n) is 21.5. The summed E-state index contributed by atoms with van der Waals surface area (Å²) in [6.07, 6.45) is 5.96. The molecule has 0 aromatic heterocycles. The van der Waals surface area contributed by atoms with Crippen molar-refractivity contribution in [1.29, 1.82) is 0 Å². The second kappa shape index (κ2) is 8.89. The number of anilines is 1. The summed E-state index contributed by atoms with van der Waals surface area (Å²) in [6, 6.07) is 11.5. The van der Waals surface area contributed by atoms with Crippen LogP contribution in [0.15, 0.2) is 88.7 Å². The number of carbonyl (C=O) groups is 4. The van der Waals surface area contributed by atoms with E-state index in [1.165, 1.54) is 11.0 Å². The van der Waals surface area contributed by atoms with Gasteiger partial charge in [0, 0.05) is 39.6 Å². The largest absolute Gasteiger partial charge is 0.508 e. The van der Waals surface area contributed by atoms with E-state index < -0.39 is 23.7 Å². The molecule has 2 amide bonds. The number of halogens is 1. The van der Waals surface area contributed by atoms with E-state index in [2.05, 4.69) is 0 Å². The number of hydrogen-bond acceptors (Lipinski definition) is 6. The molecule has 4 unspecified atom stereocenters. The predicted molar refractivity (Wildman–Crippen MR) is 147 cm³/mol. The standard InChI is InChI=1S/C32H24ClNO6/c1-15-10-25(36)29-24(30(15)37)13-23-21(27(29)17-11-16-12-20(35)6-9-26(16)40-14-17)7-8-22-28(23)32(39)34(31(22)38)19-4-2-18(33)3-5-19/h2-7,9-10,12,14,22-23,27-28,35H,8,11,13H2,1H3. The van der Waals surface area contributed by atoms with Gasteiger partial charge < -0.3 is 9.84 Å². The van der Waals surface area contributed by atoms with Crippen molar-refractivity contribution in [3.05, 3.63) is 99.3 Å². The Morgan fingerprint density at radius 3 is 2.55 bits per heavy atom. The maximum atomic E-state index is 13.9. The molecule has 0 saturated carbocycles. The first-order valence-corrected chi connectivity index (χ1v) is 13.6. The Kier molecular flexibility index (Phi) is 5.51. The van der Waals surface area contributed by atoms with Crippen molar-refractivity contribution in [1.82, 2.24) is 0 Å². The number of allylic oxidation sites excluding steroid dienone is 7. The molecule has 1 fully saturated rings. The molecule has 7 rings (SSSR count). The molecule has 1 N–H and O–H groups in total. The number of hydrogen-bond donors (Lipinski definition) is 1. The quantitative estimate of drug-likeness (QED) is 0.318. The number of Topliss-reactive ketones (excluding diaryl/α,β-unsaturated/α-hetero) is 1. The highest BCUT2D eigenvalue weighted by Gasteiger charge is 2.57. The molecule has 0 spiro atoms. The molecule has 8 heteroatoms. The van der Waals surface area contributed by atoms with Gasteiger partial charge in [0.2, 0.25) is 11.8 Å². The summed E-state index contributed by atoms with van der Waals surface area (Å²) in [7, 11) is 0. The Balaban J connectivity index is 1.33. The third kappa shape index (κ3) is 3.57. The van der Waals surface area contributed by atoms with Crippen LogP contribution in [0.2, 0.25) is 5.02 Å². The average molecular weight is 554 g/mol. The van der Waals surface area contributed by atoms with Gasteiger partial charge in [-0.15, -0.1) is 0 Å². The van der Waals surface area contributed by atoms with E-state index in [1.807, 2.05) is 6.08 Å². The third-order valence-corrected chi connectivity index (χ3v) is 9.05. The molecule has 1 saturated heterocycles. The Hall–Kier alpha value is -4.23. The minimum absolute atomic E-state index is 0.101. The predicted octanol–water partition coefficient (Wildman–Crippen LogP) is 5.03. The first-order valence-electron chi connectivity index (χ1n) is 13.2. The normalized spacial score (nSPS) is 27.2. The molecule has 200 valence electrons. The van der Waals surface area contributed by atoms with Gasteiger partial charge in [0.05, 0.1) is 23.8 Å². The summed E-state index contributed by atoms with van der Waals surface area (Å²) in [4.78, 5) is 55.6. The van der Waals surface area contributed by atoms with Crippen LogP contribution in [0, 0.1) is 23.7 Å². The van der Waals surface area contributed by atoms with Crippen LogP contribution in [0.25, 0.3) is 0 Å². The number of rotatable bonds is 2. The second-order valence-corrected chi connectivity index (χ2v) is 11.4. The lowest BCUT2D eigenvalue weighted by atomic mass is 9.58. The van der Waals surface area contributed by atoms with Crippen LogP contribution in [0.4, 0.5) is 5.69 Å². The molecule has 2 aromatic rings. The zero-order chi connectivity index (χ0) is 27.9. The minimum Gasteiger partial charge on any atom is -0.508 e. The van der Waals surface area contributed by atoms with Crippen LogP contribution in [-0.4, -0.2) is 28.5 Å². The summed E-state index contributed by atoms with van der Waals surface area (Å²) >= 11 is 6.04. The SMILES string of the molecule is CC1=CC(=O)C2=C(CC3C(=CCC4C(=O)N(c5ccc(Cl)cc5)C(=O)C43)C2C2=COc3ccc(O)cc3C2)C1=O. The fraction of sp³-hybridized carbons (Fsp3) is 0.250. The van der Waals surface area contributed by atoms with Crippen LogP contribution in [-0.2, 0) is 25.6 Å². The van der Waals surface area contributed by atoms with Gasteiger partial charge in [0.25, 0.3) is 0 Å². The van der Waals surface area contributed by atoms with Crippen LogP contribution in [0.1, 0.15) is 25.3 Å². The molecule has 2 heterocycles. The number of phenols is 1. The molecule has 40 heavy (non-hydrogen) atoms. The number of ketones is 2. The Morgan fingerprint density at radius 1 is 1.00 bits per heavy atom. The van der Waals surface area contributed by atoms with Crippen LogP contribution in [0.3, 0.4) is 0 Å². The van der Waals surface area contributed by atoms with E-state index in [0.717, 1.165) is 16.7 Å². The Bertz CT molecular complexity index is 1680. The smallest absolute Gasteiger partial charge is 0.238 e. The van der Waals surface area contributed by atoms with Crippen LogP contribution < -0.4 is 9.64 Å². The Morgan fingerprint density at radius 2 is 1.77 bits per heavy atom. The molecule has 3 aliphatic carbocycles. The van der Waals surface area contributed by atoms with E-state index in [9.17, 15) is 24.3 Å². The number of imide groups is 1. The lowest BCUT2D eigenvalue weighted by molar-refractivity contribution is -0.123. The van der Waals surface area contributed by atoms with Gasteiger partial charge in [-0.05, 0) is 79.8 Å². The van der Waals surface area contributed by atoms with Crippen molar-refractivity contribution in [3.63, 3.8) is 0 Å². The fourth-order valence-electron chi connectivity index (χ4n) is 7.04. The first-order chi connectivity index (χ1) is 19.2. The first kappa shape index (κ1) is 24.8. The van der Waals surface area contributed by atoms with Gasteiger partial charge in [-0.2, -0.15) is 0 Å². The number of phenolic OH excluding ortho intramolecular Hbond substituents is 1. The maximum Gasteiger partial charge on any atom is 0.238 e. The van der Waals surface area contributed by atoms with Gasteiger partial charge in [-0.25, -0.2) is 0 Å². The highest BCUT2D eigenvalue weighted by Crippen LogP contribution is 2.55. The van der Waals surface area contributed by atoms with Gasteiger partial charge in [-0.3, -0.25) is 24.1 Å². The number of carbonyl (C=O) groups excluding carboxylic acids is 4. The lowest BCUT2D eigenvalue weighted by Gasteiger charge is -2.43. The van der Waals surface area contributed by atoms with Gasteiger partial charge in [-0.1, -0.05) is 23.3 Å². The van der Waals surface area contributed by atoms with Crippen LogP contribution >= 0.6 is 11.6 Å². The number of fused-ring (bicyclic) bond motifs is 4. The van der Waals surface area contributed by atoms with Crippen molar-refractivity contribution in [2.75, 3.05) is 4.90 Å². The summed E-state index contributed by atoms with van der Waals surface area (Å²) in [5.41, 5.74) is 4.05. The summed E-state index contributed by atoms with van der Waals surface area (Å²) in [5, 5.41) is 10.6. The molecular weight excluding hydrogens is 530 g/mol. The fourth-order valence-corrected chi connectivity index (χ4v) is 7.16. The highest BCUT2D eigenvalue weighted by molar-refractivity contribution is 6.31. The number of ether oxygens (including phenoxy) is 1. The molecular formula is C32H24ClNO6. The van der Waals surface area contributed by atoms with Gasteiger partial charge >= 0.3 is 0 Å². The molecule has 2 aromatic carbocycles. The van der Waals surface area contributed by atoms with Gasteiger partial charge in [0.1, 0.15) is 11.5 Å². The molecule has 2 aliphatic heterocycles. The van der Waals surface area contributed by atoms with Crippen molar-refractivity contribution in [3.8, 4) is 11.5 Å². The number of nitrogens with zero attached hydrogens (tertiary/aromatic N) is 1. The van der Waals surface area contributed by atoms with Crippen molar-refractivity contribution >= 4 is 40.7 Å². The monoisotopic (exact) mass is 553 g/mol. The molecule has 0 bridgehead atoms. The number of amides is 2. The zero-order valence-corrected chi connectivity index (χ0v) is 22.3. The lowest BCUT2D eigenvalue weighted by Crippen LogP contribution is -2.41. The molecule has 5 aliphatic rings. The van der Waals surface area contributed by atoms with Crippen molar-refractivity contribution in [2.45, 2.75) is 26.2 Å². The Labute approximate surface area is 235 Å². The van der Waals surface area contributed by atoms with Crippen molar-refractivity contribution in [2.24, 2.45) is 23.7 Å². The highest BCUT2D eigenvalue weighted by atomic mass is 35.5. The van der Waals surface area contributed by atoms with Gasteiger partial charge in [0.15, 0.2) is 11.6 Å². The maximum absolute atomic E-state index is 13.9. The minimum atomic E-state index is -0.657. The molecule has 4 atom stereocenters. The van der Waals surface area contributed by atoms with E-state index in [-0.39, 0.29) is 35.6 Å². The molecule has 0 radical (unpaired) electrons. The topological polar surface area (TPSA) is 101 Å². The van der Waals surface area contributed by atoms with E-state index in [4.69, 9.17) is 16.3 Å². The average Bonchev–Trinajstić information content (AvgIpc) is 3.20. The van der Waals surface area contributed by atoms with E-state index in [0.29, 0.717) is 46.0 Å². The van der Waals surface area contributed by atoms with Crippen molar-refractivity contribution < 1.29 is 29.0 Å². The third-order valence-electron chi connectivity index (χ3n) is 8.79. The number of benzene rings is 2. The second-order valence-electron chi connectivity index (χ2n) is 11.0. The summed E-state index contributed by atoms with van der Waals surface area (Å²) in [6.45, 7) is 1.63. The molecule has 7 nitrogen and oxygen atoms in total.